The fraction of sp³-hybridized carbons (Fsp3) is 0.231. The molecule has 1 N–H and O–H groups in total. The lowest BCUT2D eigenvalue weighted by Gasteiger charge is -2.25. The summed E-state index contributed by atoms with van der Waals surface area (Å²) in [6, 6.07) is 5.10. The molecule has 0 spiro atoms. The normalized spacial score (nSPS) is 17.2. The third-order valence-corrected chi connectivity index (χ3v) is 2.91. The van der Waals surface area contributed by atoms with Crippen LogP contribution in [0.25, 0.3) is 0 Å². The maximum atomic E-state index is 12.1. The molecule has 1 aliphatic rings. The number of hydrogen-bond acceptors (Lipinski definition) is 5. The monoisotopic (exact) mass is 256 g/mol. The van der Waals surface area contributed by atoms with Crippen LogP contribution < -0.4 is 10.1 Å². The number of ether oxygens (including phenoxy) is 1. The van der Waals surface area contributed by atoms with Gasteiger partial charge in [-0.25, -0.2) is 9.97 Å². The van der Waals surface area contributed by atoms with Gasteiger partial charge in [0.2, 0.25) is 0 Å². The molecular formula is C13H12N4O2. The minimum atomic E-state index is -0.231. The summed E-state index contributed by atoms with van der Waals surface area (Å²) < 4.78 is 5.50. The lowest BCUT2D eigenvalue weighted by atomic mass is 10.1. The molecule has 0 radical (unpaired) electrons. The topological polar surface area (TPSA) is 77.0 Å². The van der Waals surface area contributed by atoms with Gasteiger partial charge in [-0.05, 0) is 18.2 Å². The molecule has 19 heavy (non-hydrogen) atoms. The maximum absolute atomic E-state index is 12.1. The van der Waals surface area contributed by atoms with E-state index in [4.69, 9.17) is 4.74 Å². The Labute approximate surface area is 109 Å². The van der Waals surface area contributed by atoms with Gasteiger partial charge in [-0.1, -0.05) is 0 Å². The number of carbonyl (C=O) groups excluding carboxylic acids is 1. The highest BCUT2D eigenvalue weighted by molar-refractivity contribution is 5.92. The fourth-order valence-corrected chi connectivity index (χ4v) is 2.01. The molecule has 0 saturated carbocycles. The average Bonchev–Trinajstić information content (AvgIpc) is 2.48. The lowest BCUT2D eigenvalue weighted by Crippen LogP contribution is -2.33. The zero-order valence-corrected chi connectivity index (χ0v) is 10.1. The number of aromatic nitrogens is 3. The second-order valence-electron chi connectivity index (χ2n) is 4.14. The minimum Gasteiger partial charge on any atom is -0.491 e. The van der Waals surface area contributed by atoms with Crippen LogP contribution in [0.1, 0.15) is 28.6 Å². The summed E-state index contributed by atoms with van der Waals surface area (Å²) in [5, 5.41) is 2.92. The van der Waals surface area contributed by atoms with Crippen LogP contribution in [-0.4, -0.2) is 27.5 Å². The van der Waals surface area contributed by atoms with Crippen molar-refractivity contribution >= 4 is 5.91 Å². The van der Waals surface area contributed by atoms with E-state index in [2.05, 4.69) is 20.3 Å². The molecule has 6 heteroatoms. The van der Waals surface area contributed by atoms with Crippen molar-refractivity contribution in [3.63, 3.8) is 0 Å². The van der Waals surface area contributed by atoms with E-state index in [-0.39, 0.29) is 11.9 Å². The van der Waals surface area contributed by atoms with Crippen LogP contribution in [0.15, 0.2) is 36.9 Å². The van der Waals surface area contributed by atoms with Gasteiger partial charge < -0.3 is 10.1 Å². The molecule has 96 valence electrons. The second-order valence-corrected chi connectivity index (χ2v) is 4.14. The Bertz CT molecular complexity index is 588. The molecule has 0 aromatic carbocycles. The summed E-state index contributed by atoms with van der Waals surface area (Å²) in [7, 11) is 0. The van der Waals surface area contributed by atoms with E-state index in [1.807, 2.05) is 12.1 Å². The molecule has 1 atom stereocenters. The molecule has 0 saturated heterocycles. The number of nitrogens with zero attached hydrogens (tertiary/aromatic N) is 3. The van der Waals surface area contributed by atoms with Crippen molar-refractivity contribution in [1.29, 1.82) is 0 Å². The summed E-state index contributed by atoms with van der Waals surface area (Å²) >= 11 is 0. The number of amides is 1. The number of fused-ring (bicyclic) bond motifs is 1. The van der Waals surface area contributed by atoms with Crippen molar-refractivity contribution in [3.05, 3.63) is 48.3 Å². The van der Waals surface area contributed by atoms with Crippen LogP contribution in [-0.2, 0) is 0 Å². The quantitative estimate of drug-likeness (QED) is 0.871. The zero-order chi connectivity index (χ0) is 13.1. The number of rotatable bonds is 2. The van der Waals surface area contributed by atoms with Gasteiger partial charge in [0.15, 0.2) is 0 Å². The second kappa shape index (κ2) is 5.01. The number of carbonyl (C=O) groups is 1. The van der Waals surface area contributed by atoms with Crippen LogP contribution in [0.5, 0.6) is 5.75 Å². The first-order chi connectivity index (χ1) is 9.34. The summed E-state index contributed by atoms with van der Waals surface area (Å²) in [6.45, 7) is 0.563. The third-order valence-electron chi connectivity index (χ3n) is 2.91. The van der Waals surface area contributed by atoms with Gasteiger partial charge in [-0.15, -0.1) is 0 Å². The van der Waals surface area contributed by atoms with Crippen molar-refractivity contribution < 1.29 is 9.53 Å². The zero-order valence-electron chi connectivity index (χ0n) is 10.1. The first kappa shape index (κ1) is 11.6. The van der Waals surface area contributed by atoms with E-state index in [1.165, 1.54) is 12.5 Å². The smallest absolute Gasteiger partial charge is 0.270 e. The van der Waals surface area contributed by atoms with Crippen LogP contribution in [0.2, 0.25) is 0 Å². The van der Waals surface area contributed by atoms with E-state index < -0.39 is 0 Å². The molecule has 0 fully saturated rings. The summed E-state index contributed by atoms with van der Waals surface area (Å²) in [5.74, 6) is 0.493. The van der Waals surface area contributed by atoms with Crippen molar-refractivity contribution in [3.8, 4) is 5.75 Å². The summed E-state index contributed by atoms with van der Waals surface area (Å²) in [6.07, 6.45) is 5.28. The number of nitrogens with one attached hydrogen (secondary N) is 1. The highest BCUT2D eigenvalue weighted by Gasteiger charge is 2.24. The molecule has 6 nitrogen and oxygen atoms in total. The highest BCUT2D eigenvalue weighted by atomic mass is 16.5. The van der Waals surface area contributed by atoms with Gasteiger partial charge in [0.1, 0.15) is 23.5 Å². The molecule has 2 aromatic heterocycles. The van der Waals surface area contributed by atoms with Crippen molar-refractivity contribution in [1.82, 2.24) is 20.3 Å². The Morgan fingerprint density at radius 1 is 1.32 bits per heavy atom. The van der Waals surface area contributed by atoms with E-state index >= 15 is 0 Å². The Hall–Kier alpha value is -2.50. The predicted octanol–water partition coefficient (Wildman–Crippen LogP) is 1.13. The predicted molar refractivity (Wildman–Crippen MR) is 66.6 cm³/mol. The molecule has 2 aromatic rings. The van der Waals surface area contributed by atoms with Gasteiger partial charge >= 0.3 is 0 Å². The van der Waals surface area contributed by atoms with Crippen LogP contribution >= 0.6 is 0 Å². The fourth-order valence-electron chi connectivity index (χ4n) is 2.01. The van der Waals surface area contributed by atoms with E-state index in [0.717, 1.165) is 11.4 Å². The molecule has 3 heterocycles. The van der Waals surface area contributed by atoms with Crippen LogP contribution in [0.4, 0.5) is 0 Å². The first-order valence-electron chi connectivity index (χ1n) is 5.99. The minimum absolute atomic E-state index is 0.146. The Morgan fingerprint density at radius 3 is 3.11 bits per heavy atom. The molecule has 0 bridgehead atoms. The molecule has 1 aliphatic heterocycles. The Kier molecular flexibility index (Phi) is 3.06. The van der Waals surface area contributed by atoms with Gasteiger partial charge in [-0.2, -0.15) is 0 Å². The van der Waals surface area contributed by atoms with Gasteiger partial charge in [0.05, 0.1) is 12.6 Å². The van der Waals surface area contributed by atoms with Crippen LogP contribution in [0.3, 0.4) is 0 Å². The van der Waals surface area contributed by atoms with E-state index in [1.54, 1.807) is 12.3 Å². The Balaban J connectivity index is 1.80. The number of pyridine rings is 1. The molecular weight excluding hydrogens is 244 g/mol. The lowest BCUT2D eigenvalue weighted by molar-refractivity contribution is 0.0918. The SMILES string of the molecule is O=C(NC1CCOc2cccnc21)c1ccncn1. The molecule has 0 aliphatic carbocycles. The summed E-state index contributed by atoms with van der Waals surface area (Å²) in [4.78, 5) is 24.0. The van der Waals surface area contributed by atoms with E-state index in [9.17, 15) is 4.79 Å². The molecule has 1 unspecified atom stereocenters. The Morgan fingerprint density at radius 2 is 2.26 bits per heavy atom. The van der Waals surface area contributed by atoms with Gasteiger partial charge in [-0.3, -0.25) is 9.78 Å². The average molecular weight is 256 g/mol. The molecule has 1 amide bonds. The maximum Gasteiger partial charge on any atom is 0.270 e. The molecule has 3 rings (SSSR count). The first-order valence-corrected chi connectivity index (χ1v) is 5.99. The van der Waals surface area contributed by atoms with Crippen molar-refractivity contribution in [2.75, 3.05) is 6.61 Å². The number of hydrogen-bond donors (Lipinski definition) is 1. The summed E-state index contributed by atoms with van der Waals surface area (Å²) in [5.41, 5.74) is 1.11. The highest BCUT2D eigenvalue weighted by Crippen LogP contribution is 2.29. The van der Waals surface area contributed by atoms with Gasteiger partial charge in [0.25, 0.3) is 5.91 Å². The van der Waals surface area contributed by atoms with E-state index in [0.29, 0.717) is 18.7 Å². The van der Waals surface area contributed by atoms with Gasteiger partial charge in [0, 0.05) is 18.8 Å². The largest absolute Gasteiger partial charge is 0.491 e. The van der Waals surface area contributed by atoms with Crippen LogP contribution in [0, 0.1) is 0 Å². The standard InChI is InChI=1S/C13H12N4O2/c18-13(10-3-6-14-8-16-10)17-9-4-7-19-11-2-1-5-15-12(9)11/h1-3,5-6,8-9H,4,7H2,(H,17,18). The third kappa shape index (κ3) is 2.37. The van der Waals surface area contributed by atoms with Crippen molar-refractivity contribution in [2.24, 2.45) is 0 Å². The van der Waals surface area contributed by atoms with Crippen molar-refractivity contribution in [2.45, 2.75) is 12.5 Å².